The van der Waals surface area contributed by atoms with Gasteiger partial charge in [-0.15, -0.1) is 0 Å². The molecule has 2 aliphatic rings. The molecule has 4 rings (SSSR count). The first kappa shape index (κ1) is 17.8. The first-order chi connectivity index (χ1) is 13.0. The van der Waals surface area contributed by atoms with Crippen molar-refractivity contribution in [1.82, 2.24) is 5.32 Å². The van der Waals surface area contributed by atoms with Crippen LogP contribution in [0.3, 0.4) is 0 Å². The summed E-state index contributed by atoms with van der Waals surface area (Å²) < 4.78 is 0. The van der Waals surface area contributed by atoms with Crippen LogP contribution in [0.1, 0.15) is 46.8 Å². The summed E-state index contributed by atoms with van der Waals surface area (Å²) in [5.41, 5.74) is 3.10. The molecular formula is C20H20ClN3O3. The number of carbonyl (C=O) groups excluding carboxylic acids is 1. The van der Waals surface area contributed by atoms with E-state index in [1.54, 1.807) is 12.1 Å². The number of benzene rings is 2. The third kappa shape index (κ3) is 3.49. The number of nitrogens with zero attached hydrogens (tertiary/aromatic N) is 2. The van der Waals surface area contributed by atoms with E-state index in [4.69, 9.17) is 11.6 Å². The van der Waals surface area contributed by atoms with Crippen LogP contribution < -0.4 is 10.2 Å². The summed E-state index contributed by atoms with van der Waals surface area (Å²) in [6.07, 6.45) is 3.72. The number of nitrogens with one attached hydrogen (secondary N) is 1. The zero-order chi connectivity index (χ0) is 19.0. The van der Waals surface area contributed by atoms with Crippen molar-refractivity contribution in [2.75, 3.05) is 18.0 Å². The summed E-state index contributed by atoms with van der Waals surface area (Å²) in [5, 5.41) is 15.2. The Labute approximate surface area is 162 Å². The number of fused-ring (bicyclic) bond motifs is 1. The highest BCUT2D eigenvalue weighted by Crippen LogP contribution is 2.34. The molecule has 1 aliphatic carbocycles. The maximum Gasteiger partial charge on any atom is 0.293 e. The molecule has 0 bridgehead atoms. The van der Waals surface area contributed by atoms with E-state index in [1.165, 1.54) is 6.07 Å². The third-order valence-electron chi connectivity index (χ3n) is 5.37. The van der Waals surface area contributed by atoms with Crippen LogP contribution in [-0.4, -0.2) is 23.9 Å². The van der Waals surface area contributed by atoms with Crippen molar-refractivity contribution >= 4 is 28.9 Å². The summed E-state index contributed by atoms with van der Waals surface area (Å²) in [7, 11) is 0. The van der Waals surface area contributed by atoms with Gasteiger partial charge >= 0.3 is 0 Å². The fourth-order valence-corrected chi connectivity index (χ4v) is 4.21. The van der Waals surface area contributed by atoms with Gasteiger partial charge in [-0.25, -0.2) is 0 Å². The van der Waals surface area contributed by atoms with Crippen molar-refractivity contribution in [2.45, 2.75) is 31.7 Å². The first-order valence-corrected chi connectivity index (χ1v) is 9.53. The number of carbonyl (C=O) groups is 1. The molecule has 2 aromatic rings. The maximum absolute atomic E-state index is 12.7. The van der Waals surface area contributed by atoms with Gasteiger partial charge in [-0.1, -0.05) is 17.7 Å². The number of aryl methyl sites for hydroxylation is 1. The Morgan fingerprint density at radius 3 is 2.70 bits per heavy atom. The molecule has 2 aromatic carbocycles. The van der Waals surface area contributed by atoms with Gasteiger partial charge < -0.3 is 10.2 Å². The number of anilines is 1. The average molecular weight is 386 g/mol. The van der Waals surface area contributed by atoms with E-state index in [1.807, 2.05) is 23.1 Å². The minimum Gasteiger partial charge on any atom is -0.366 e. The Kier molecular flexibility index (Phi) is 4.74. The highest BCUT2D eigenvalue weighted by atomic mass is 35.5. The summed E-state index contributed by atoms with van der Waals surface area (Å²) in [6, 6.07) is 10.4. The topological polar surface area (TPSA) is 75.5 Å². The Balaban J connectivity index is 1.56. The van der Waals surface area contributed by atoms with E-state index in [0.29, 0.717) is 16.3 Å². The van der Waals surface area contributed by atoms with Gasteiger partial charge in [-0.2, -0.15) is 0 Å². The molecule has 1 aliphatic heterocycles. The van der Waals surface area contributed by atoms with E-state index in [-0.39, 0.29) is 17.6 Å². The number of rotatable bonds is 4. The number of hydrogen-bond acceptors (Lipinski definition) is 4. The minimum absolute atomic E-state index is 0.0110. The highest BCUT2D eigenvalue weighted by molar-refractivity contribution is 6.30. The maximum atomic E-state index is 12.7. The second-order valence-electron chi connectivity index (χ2n) is 7.06. The zero-order valence-electron chi connectivity index (χ0n) is 14.8. The van der Waals surface area contributed by atoms with Crippen molar-refractivity contribution in [1.29, 1.82) is 0 Å². The van der Waals surface area contributed by atoms with Gasteiger partial charge in [-0.05, 0) is 61.1 Å². The van der Waals surface area contributed by atoms with Gasteiger partial charge in [0.25, 0.3) is 11.6 Å². The Bertz CT molecular complexity index is 909. The van der Waals surface area contributed by atoms with E-state index < -0.39 is 4.92 Å². The predicted octanol–water partition coefficient (Wildman–Crippen LogP) is 4.27. The Morgan fingerprint density at radius 2 is 1.96 bits per heavy atom. The van der Waals surface area contributed by atoms with Crippen LogP contribution in [0.5, 0.6) is 0 Å². The average Bonchev–Trinajstić information content (AvgIpc) is 3.31. The standard InChI is InChI=1S/C20H20ClN3O3/c21-15-5-6-16-13(11-15)3-7-17(16)22-20(25)14-4-8-18(19(12-14)24(26)27)23-9-1-2-10-23/h4-6,8,11-12,17H,1-3,7,9-10H2,(H,22,25). The number of nitro groups is 1. The molecule has 140 valence electrons. The molecule has 0 radical (unpaired) electrons. The lowest BCUT2D eigenvalue weighted by atomic mass is 10.1. The fraction of sp³-hybridized carbons (Fsp3) is 0.350. The van der Waals surface area contributed by atoms with Gasteiger partial charge in [0, 0.05) is 29.7 Å². The minimum atomic E-state index is -0.405. The van der Waals surface area contributed by atoms with Crippen LogP contribution >= 0.6 is 11.6 Å². The first-order valence-electron chi connectivity index (χ1n) is 9.15. The van der Waals surface area contributed by atoms with Gasteiger partial charge in [0.15, 0.2) is 0 Å². The molecule has 0 saturated carbocycles. The lowest BCUT2D eigenvalue weighted by Gasteiger charge is -2.18. The third-order valence-corrected chi connectivity index (χ3v) is 5.60. The van der Waals surface area contributed by atoms with Crippen LogP contribution in [-0.2, 0) is 6.42 Å². The summed E-state index contributed by atoms with van der Waals surface area (Å²) in [6.45, 7) is 1.63. The van der Waals surface area contributed by atoms with Gasteiger partial charge in [-0.3, -0.25) is 14.9 Å². The van der Waals surface area contributed by atoms with Crippen molar-refractivity contribution < 1.29 is 9.72 Å². The van der Waals surface area contributed by atoms with Gasteiger partial charge in [0.1, 0.15) is 5.69 Å². The molecule has 1 saturated heterocycles. The van der Waals surface area contributed by atoms with Crippen molar-refractivity contribution in [2.24, 2.45) is 0 Å². The quantitative estimate of drug-likeness (QED) is 0.630. The fourth-order valence-electron chi connectivity index (χ4n) is 4.01. The van der Waals surface area contributed by atoms with Crippen LogP contribution in [0.2, 0.25) is 5.02 Å². The molecule has 0 spiro atoms. The molecule has 27 heavy (non-hydrogen) atoms. The predicted molar refractivity (Wildman–Crippen MR) is 105 cm³/mol. The molecule has 0 aromatic heterocycles. The van der Waals surface area contributed by atoms with Crippen molar-refractivity contribution in [3.63, 3.8) is 0 Å². The highest BCUT2D eigenvalue weighted by Gasteiger charge is 2.27. The molecule has 6 nitrogen and oxygen atoms in total. The monoisotopic (exact) mass is 385 g/mol. The number of amides is 1. The van der Waals surface area contributed by atoms with Crippen LogP contribution in [0.25, 0.3) is 0 Å². The summed E-state index contributed by atoms with van der Waals surface area (Å²) in [4.78, 5) is 25.8. The second kappa shape index (κ2) is 7.19. The van der Waals surface area contributed by atoms with Crippen molar-refractivity contribution in [3.05, 3.63) is 68.2 Å². The SMILES string of the molecule is O=C(NC1CCc2cc(Cl)ccc21)c1ccc(N2CCCC2)c([N+](=O)[O-])c1. The van der Waals surface area contributed by atoms with Crippen LogP contribution in [0.15, 0.2) is 36.4 Å². The van der Waals surface area contributed by atoms with Crippen molar-refractivity contribution in [3.8, 4) is 0 Å². The largest absolute Gasteiger partial charge is 0.366 e. The van der Waals surface area contributed by atoms with E-state index in [9.17, 15) is 14.9 Å². The summed E-state index contributed by atoms with van der Waals surface area (Å²) >= 11 is 6.03. The smallest absolute Gasteiger partial charge is 0.293 e. The van der Waals surface area contributed by atoms with Gasteiger partial charge in [0.2, 0.25) is 0 Å². The zero-order valence-corrected chi connectivity index (χ0v) is 15.5. The van der Waals surface area contributed by atoms with E-state index in [0.717, 1.165) is 49.9 Å². The van der Waals surface area contributed by atoms with E-state index >= 15 is 0 Å². The molecular weight excluding hydrogens is 366 g/mol. The molecule has 1 atom stereocenters. The molecule has 1 amide bonds. The second-order valence-corrected chi connectivity index (χ2v) is 7.50. The molecule has 7 heteroatoms. The van der Waals surface area contributed by atoms with Crippen LogP contribution in [0, 0.1) is 10.1 Å². The number of halogens is 1. The molecule has 1 fully saturated rings. The lowest BCUT2D eigenvalue weighted by Crippen LogP contribution is -2.27. The molecule has 1 heterocycles. The lowest BCUT2D eigenvalue weighted by molar-refractivity contribution is -0.384. The van der Waals surface area contributed by atoms with Crippen LogP contribution in [0.4, 0.5) is 11.4 Å². The van der Waals surface area contributed by atoms with E-state index in [2.05, 4.69) is 5.32 Å². The Morgan fingerprint density at radius 1 is 1.19 bits per heavy atom. The summed E-state index contributed by atoms with van der Waals surface area (Å²) in [5.74, 6) is -0.293. The van der Waals surface area contributed by atoms with Gasteiger partial charge in [0.05, 0.1) is 11.0 Å². The Hall–Kier alpha value is -2.60. The number of hydrogen-bond donors (Lipinski definition) is 1. The molecule has 1 N–H and O–H groups in total. The number of nitro benzene ring substituents is 1. The molecule has 1 unspecified atom stereocenters. The normalized spacial score (nSPS) is 18.4.